The number of hydrogen-bond acceptors (Lipinski definition) is 3. The number of rotatable bonds is 6. The Labute approximate surface area is 138 Å². The van der Waals surface area contributed by atoms with Gasteiger partial charge in [-0.15, -0.1) is 0 Å². The molecule has 5 nitrogen and oxygen atoms in total. The van der Waals surface area contributed by atoms with Crippen molar-refractivity contribution >= 4 is 11.8 Å². The predicted molar refractivity (Wildman–Crippen MR) is 89.5 cm³/mol. The summed E-state index contributed by atoms with van der Waals surface area (Å²) < 4.78 is 5.15. The van der Waals surface area contributed by atoms with Gasteiger partial charge in [-0.05, 0) is 37.5 Å². The van der Waals surface area contributed by atoms with Gasteiger partial charge >= 0.3 is 0 Å². The van der Waals surface area contributed by atoms with Crippen molar-refractivity contribution in [1.29, 1.82) is 0 Å². The molecule has 0 bridgehead atoms. The van der Waals surface area contributed by atoms with Crippen molar-refractivity contribution in [3.63, 3.8) is 0 Å². The Hall–Kier alpha value is -2.04. The third-order valence-electron chi connectivity index (χ3n) is 4.40. The standard InChI is InChI=1S/C18H26N2O3/c1-14(17(21)20-10-4-5-11-20)9-12-19(2)18(22)15-7-6-8-16(13-15)23-3/h6-8,13-14H,4-5,9-12H2,1-3H3. The number of carbonyl (C=O) groups is 2. The topological polar surface area (TPSA) is 49.9 Å². The third kappa shape index (κ3) is 4.47. The Morgan fingerprint density at radius 2 is 2.00 bits per heavy atom. The lowest BCUT2D eigenvalue weighted by Gasteiger charge is -2.23. The highest BCUT2D eigenvalue weighted by atomic mass is 16.5. The summed E-state index contributed by atoms with van der Waals surface area (Å²) in [5.41, 5.74) is 0.602. The number of hydrogen-bond donors (Lipinski definition) is 0. The largest absolute Gasteiger partial charge is 0.497 e. The minimum atomic E-state index is -0.0512. The van der Waals surface area contributed by atoms with Gasteiger partial charge in [0, 0.05) is 38.2 Å². The van der Waals surface area contributed by atoms with E-state index in [-0.39, 0.29) is 17.7 Å². The van der Waals surface area contributed by atoms with E-state index in [0.29, 0.717) is 24.3 Å². The molecule has 1 atom stereocenters. The minimum absolute atomic E-state index is 0.0475. The van der Waals surface area contributed by atoms with Gasteiger partial charge in [-0.3, -0.25) is 9.59 Å². The molecule has 0 aromatic heterocycles. The van der Waals surface area contributed by atoms with Gasteiger partial charge in [0.1, 0.15) is 5.75 Å². The summed E-state index contributed by atoms with van der Waals surface area (Å²) in [4.78, 5) is 28.3. The molecule has 0 saturated carbocycles. The molecule has 1 aromatic carbocycles. The van der Waals surface area contributed by atoms with Crippen LogP contribution in [-0.4, -0.2) is 55.4 Å². The van der Waals surface area contributed by atoms with E-state index in [1.165, 1.54) is 0 Å². The van der Waals surface area contributed by atoms with Crippen molar-refractivity contribution in [2.24, 2.45) is 5.92 Å². The lowest BCUT2D eigenvalue weighted by Crippen LogP contribution is -2.35. The van der Waals surface area contributed by atoms with Crippen LogP contribution in [0.3, 0.4) is 0 Å². The van der Waals surface area contributed by atoms with Crippen LogP contribution in [-0.2, 0) is 4.79 Å². The summed E-state index contributed by atoms with van der Waals surface area (Å²) in [7, 11) is 3.35. The average molecular weight is 318 g/mol. The zero-order valence-corrected chi connectivity index (χ0v) is 14.2. The summed E-state index contributed by atoms with van der Waals surface area (Å²) in [6.45, 7) is 4.27. The van der Waals surface area contributed by atoms with Crippen molar-refractivity contribution in [2.75, 3.05) is 33.8 Å². The van der Waals surface area contributed by atoms with Gasteiger partial charge in [0.15, 0.2) is 0 Å². The second-order valence-electron chi connectivity index (χ2n) is 6.18. The number of methoxy groups -OCH3 is 1. The molecule has 23 heavy (non-hydrogen) atoms. The number of carbonyl (C=O) groups excluding carboxylic acids is 2. The molecule has 5 heteroatoms. The molecule has 1 aromatic rings. The van der Waals surface area contributed by atoms with Crippen LogP contribution in [0, 0.1) is 5.92 Å². The second kappa shape index (κ2) is 7.99. The van der Waals surface area contributed by atoms with E-state index >= 15 is 0 Å². The maximum Gasteiger partial charge on any atom is 0.253 e. The fraction of sp³-hybridized carbons (Fsp3) is 0.556. The molecule has 0 radical (unpaired) electrons. The van der Waals surface area contributed by atoms with Gasteiger partial charge in [-0.2, -0.15) is 0 Å². The number of amides is 2. The quantitative estimate of drug-likeness (QED) is 0.809. The van der Waals surface area contributed by atoms with Crippen molar-refractivity contribution in [1.82, 2.24) is 9.80 Å². The lowest BCUT2D eigenvalue weighted by atomic mass is 10.1. The first kappa shape index (κ1) is 17.3. The fourth-order valence-electron chi connectivity index (χ4n) is 2.84. The van der Waals surface area contributed by atoms with Crippen LogP contribution in [0.2, 0.25) is 0 Å². The molecule has 0 aliphatic carbocycles. The molecule has 126 valence electrons. The Balaban J connectivity index is 1.86. The zero-order chi connectivity index (χ0) is 16.8. The highest BCUT2D eigenvalue weighted by molar-refractivity contribution is 5.94. The van der Waals surface area contributed by atoms with E-state index in [0.717, 1.165) is 25.9 Å². The second-order valence-corrected chi connectivity index (χ2v) is 6.18. The molecular weight excluding hydrogens is 292 g/mol. The van der Waals surface area contributed by atoms with E-state index in [1.54, 1.807) is 37.3 Å². The van der Waals surface area contributed by atoms with E-state index in [2.05, 4.69) is 0 Å². The number of nitrogens with zero attached hydrogens (tertiary/aromatic N) is 2. The summed E-state index contributed by atoms with van der Waals surface area (Å²) in [5.74, 6) is 0.782. The highest BCUT2D eigenvalue weighted by Gasteiger charge is 2.23. The molecule has 1 saturated heterocycles. The van der Waals surface area contributed by atoms with Gasteiger partial charge in [0.25, 0.3) is 5.91 Å². The molecule has 1 aliphatic heterocycles. The number of ether oxygens (including phenoxy) is 1. The summed E-state index contributed by atoms with van der Waals surface area (Å²) in [5, 5.41) is 0. The van der Waals surface area contributed by atoms with Gasteiger partial charge in [-0.1, -0.05) is 13.0 Å². The SMILES string of the molecule is COc1cccc(C(=O)N(C)CCC(C)C(=O)N2CCCC2)c1. The molecule has 1 heterocycles. The van der Waals surface area contributed by atoms with E-state index in [4.69, 9.17) is 4.74 Å². The first-order chi connectivity index (χ1) is 11.0. The maximum atomic E-state index is 12.4. The van der Waals surface area contributed by atoms with Gasteiger partial charge in [-0.25, -0.2) is 0 Å². The van der Waals surface area contributed by atoms with Gasteiger partial charge in [0.2, 0.25) is 5.91 Å². The third-order valence-corrected chi connectivity index (χ3v) is 4.40. The molecule has 2 rings (SSSR count). The first-order valence-electron chi connectivity index (χ1n) is 8.21. The maximum absolute atomic E-state index is 12.4. The first-order valence-corrected chi connectivity index (χ1v) is 8.21. The van der Waals surface area contributed by atoms with Crippen LogP contribution >= 0.6 is 0 Å². The summed E-state index contributed by atoms with van der Waals surface area (Å²) in [6.07, 6.45) is 2.89. The fourth-order valence-corrected chi connectivity index (χ4v) is 2.84. The van der Waals surface area contributed by atoms with E-state index in [9.17, 15) is 9.59 Å². The van der Waals surface area contributed by atoms with Crippen molar-refractivity contribution < 1.29 is 14.3 Å². The average Bonchev–Trinajstić information content (AvgIpc) is 3.12. The molecule has 1 unspecified atom stereocenters. The van der Waals surface area contributed by atoms with Crippen LogP contribution in [0.15, 0.2) is 24.3 Å². The Bertz CT molecular complexity index is 553. The van der Waals surface area contributed by atoms with Gasteiger partial charge in [0.05, 0.1) is 7.11 Å². The monoisotopic (exact) mass is 318 g/mol. The zero-order valence-electron chi connectivity index (χ0n) is 14.2. The number of likely N-dealkylation sites (tertiary alicyclic amines) is 1. The molecule has 0 spiro atoms. The smallest absolute Gasteiger partial charge is 0.253 e. The van der Waals surface area contributed by atoms with Gasteiger partial charge < -0.3 is 14.5 Å². The van der Waals surface area contributed by atoms with Crippen molar-refractivity contribution in [3.8, 4) is 5.75 Å². The van der Waals surface area contributed by atoms with Crippen molar-refractivity contribution in [2.45, 2.75) is 26.2 Å². The number of benzene rings is 1. The van der Waals surface area contributed by atoms with E-state index < -0.39 is 0 Å². The lowest BCUT2D eigenvalue weighted by molar-refractivity contribution is -0.134. The summed E-state index contributed by atoms with van der Waals surface area (Å²) >= 11 is 0. The Morgan fingerprint density at radius 1 is 1.30 bits per heavy atom. The molecule has 1 aliphatic rings. The predicted octanol–water partition coefficient (Wildman–Crippen LogP) is 2.42. The van der Waals surface area contributed by atoms with Crippen LogP contribution in [0.4, 0.5) is 0 Å². The molecule has 0 N–H and O–H groups in total. The molecule has 1 fully saturated rings. The van der Waals surface area contributed by atoms with E-state index in [1.807, 2.05) is 17.9 Å². The Kier molecular flexibility index (Phi) is 6.02. The molecule has 2 amide bonds. The normalized spacial score (nSPS) is 15.3. The van der Waals surface area contributed by atoms with Crippen molar-refractivity contribution in [3.05, 3.63) is 29.8 Å². The molecular formula is C18H26N2O3. The highest BCUT2D eigenvalue weighted by Crippen LogP contribution is 2.16. The van der Waals surface area contributed by atoms with Crippen LogP contribution in [0.1, 0.15) is 36.5 Å². The van der Waals surface area contributed by atoms with Crippen LogP contribution in [0.5, 0.6) is 5.75 Å². The minimum Gasteiger partial charge on any atom is -0.497 e. The Morgan fingerprint density at radius 3 is 2.65 bits per heavy atom. The summed E-state index contributed by atoms with van der Waals surface area (Å²) in [6, 6.07) is 7.13. The van der Waals surface area contributed by atoms with Crippen LogP contribution in [0.25, 0.3) is 0 Å². The van der Waals surface area contributed by atoms with Crippen LogP contribution < -0.4 is 4.74 Å².